The fourth-order valence-corrected chi connectivity index (χ4v) is 2.32. The third kappa shape index (κ3) is 6.61. The quantitative estimate of drug-likeness (QED) is 0.317. The number of hydrogen-bond donors (Lipinski definition) is 1. The van der Waals surface area contributed by atoms with Crippen molar-refractivity contribution in [2.45, 2.75) is 24.9 Å². The van der Waals surface area contributed by atoms with Gasteiger partial charge in [-0.15, -0.1) is 6.42 Å². The molecular formula is C11H12N3Na2O6P. The summed E-state index contributed by atoms with van der Waals surface area (Å²) in [7, 11) is -4.81. The van der Waals surface area contributed by atoms with Crippen LogP contribution in [-0.2, 0) is 14.0 Å². The Morgan fingerprint density at radius 1 is 1.57 bits per heavy atom. The predicted octanol–water partition coefficient (Wildman–Crippen LogP) is -7.99. The number of nitrogens with zero attached hydrogens (tertiary/aromatic N) is 2. The fraction of sp³-hybridized carbons (Fsp3) is 0.455. The number of rotatable bonds is 4. The number of anilines is 1. The normalized spacial score (nSPS) is 23.4. The smallest absolute Gasteiger partial charge is 0.809 e. The van der Waals surface area contributed by atoms with E-state index in [9.17, 15) is 19.1 Å². The van der Waals surface area contributed by atoms with Gasteiger partial charge >= 0.3 is 64.8 Å². The van der Waals surface area contributed by atoms with Crippen molar-refractivity contribution in [2.75, 3.05) is 12.1 Å². The van der Waals surface area contributed by atoms with Gasteiger partial charge in [0.25, 0.3) is 0 Å². The second-order valence-corrected chi connectivity index (χ2v) is 5.88. The van der Waals surface area contributed by atoms with Crippen molar-refractivity contribution < 1.29 is 82.9 Å². The van der Waals surface area contributed by atoms with Gasteiger partial charge in [-0.25, -0.2) is 4.79 Å². The third-order valence-electron chi connectivity index (χ3n) is 2.85. The summed E-state index contributed by atoms with van der Waals surface area (Å²) in [5.41, 5.74) is 4.75. The van der Waals surface area contributed by atoms with Gasteiger partial charge in [-0.05, 0) is 13.7 Å². The van der Waals surface area contributed by atoms with Gasteiger partial charge in [-0.3, -0.25) is 4.57 Å². The van der Waals surface area contributed by atoms with E-state index in [0.717, 1.165) is 4.57 Å². The first-order valence-electron chi connectivity index (χ1n) is 5.89. The van der Waals surface area contributed by atoms with Gasteiger partial charge in [0, 0.05) is 12.6 Å². The van der Waals surface area contributed by atoms with E-state index < -0.39 is 38.1 Å². The second kappa shape index (κ2) is 9.70. The average Bonchev–Trinajstić information content (AvgIpc) is 2.78. The van der Waals surface area contributed by atoms with Gasteiger partial charge in [0.05, 0.1) is 12.5 Å². The van der Waals surface area contributed by atoms with Crippen LogP contribution in [0.1, 0.15) is 12.6 Å². The minimum absolute atomic E-state index is 0. The van der Waals surface area contributed by atoms with E-state index in [0.29, 0.717) is 0 Å². The van der Waals surface area contributed by atoms with Gasteiger partial charge in [0.2, 0.25) is 0 Å². The largest absolute Gasteiger partial charge is 1.00 e. The minimum Gasteiger partial charge on any atom is -0.809 e. The van der Waals surface area contributed by atoms with Gasteiger partial charge in [0.1, 0.15) is 18.1 Å². The average molecular weight is 359 g/mol. The molecule has 114 valence electrons. The summed E-state index contributed by atoms with van der Waals surface area (Å²) in [5.74, 6) is 2.34. The van der Waals surface area contributed by atoms with E-state index in [1.54, 1.807) is 0 Å². The SMILES string of the molecule is C#C[C@@H]1O[C@@H](n2ccc(N)nc2=O)C[C@H]1OCP(=O)([O-])[O-].[Na+].[Na+]. The van der Waals surface area contributed by atoms with Crippen LogP contribution in [0.25, 0.3) is 0 Å². The Bertz CT molecular complexity index is 672. The minimum atomic E-state index is -4.81. The topological polar surface area (TPSA) is 143 Å². The molecule has 23 heavy (non-hydrogen) atoms. The maximum Gasteiger partial charge on any atom is 1.00 e. The van der Waals surface area contributed by atoms with Crippen molar-refractivity contribution in [3.8, 4) is 12.3 Å². The van der Waals surface area contributed by atoms with Crippen LogP contribution in [0, 0.1) is 12.3 Å². The van der Waals surface area contributed by atoms with Crippen molar-refractivity contribution in [1.82, 2.24) is 9.55 Å². The van der Waals surface area contributed by atoms with Crippen LogP contribution in [0.2, 0.25) is 0 Å². The second-order valence-electron chi connectivity index (χ2n) is 4.40. The molecule has 0 radical (unpaired) electrons. The zero-order chi connectivity index (χ0) is 15.6. The van der Waals surface area contributed by atoms with Gasteiger partial charge in [-0.1, -0.05) is 5.92 Å². The molecular weight excluding hydrogens is 347 g/mol. The van der Waals surface area contributed by atoms with E-state index in [1.807, 2.05) is 0 Å². The maximum absolute atomic E-state index is 11.7. The van der Waals surface area contributed by atoms with E-state index in [1.165, 1.54) is 12.3 Å². The molecule has 1 fully saturated rings. The van der Waals surface area contributed by atoms with Crippen molar-refractivity contribution in [2.24, 2.45) is 0 Å². The molecule has 2 rings (SSSR count). The van der Waals surface area contributed by atoms with E-state index in [4.69, 9.17) is 21.6 Å². The standard InChI is InChI=1S/C11H14N3O6P.2Na/c1-2-7-8(19-6-21(16,17)18)5-10(20-7)14-4-3-9(12)13-11(14)15;;/h1,3-4,7-8,10H,5-6H2,(H2,12,13,15)(H2,16,17,18);;/q;2*+1/p-2/t7-,8+,10+;;/m0../s1. The first-order valence-corrected chi connectivity index (χ1v) is 7.62. The first-order chi connectivity index (χ1) is 9.80. The van der Waals surface area contributed by atoms with Crippen molar-refractivity contribution in [3.05, 3.63) is 22.7 Å². The summed E-state index contributed by atoms with van der Waals surface area (Å²) in [6.45, 7) is 0. The van der Waals surface area contributed by atoms with Gasteiger partial charge in [0.15, 0.2) is 0 Å². The van der Waals surface area contributed by atoms with Crippen molar-refractivity contribution in [1.29, 1.82) is 0 Å². The zero-order valence-corrected chi connectivity index (χ0v) is 17.6. The van der Waals surface area contributed by atoms with E-state index in [2.05, 4.69) is 10.9 Å². The molecule has 1 aliphatic heterocycles. The van der Waals surface area contributed by atoms with Gasteiger partial charge in [-0.2, -0.15) is 4.98 Å². The molecule has 1 saturated heterocycles. The third-order valence-corrected chi connectivity index (χ3v) is 3.31. The molecule has 0 spiro atoms. The molecule has 9 nitrogen and oxygen atoms in total. The van der Waals surface area contributed by atoms with Crippen LogP contribution in [-0.4, -0.2) is 28.1 Å². The van der Waals surface area contributed by atoms with E-state index >= 15 is 0 Å². The van der Waals surface area contributed by atoms with Crippen LogP contribution < -0.4 is 80.3 Å². The molecule has 12 heteroatoms. The van der Waals surface area contributed by atoms with Crippen LogP contribution in [0.4, 0.5) is 5.82 Å². The first kappa shape index (κ1) is 23.3. The number of hydrogen-bond acceptors (Lipinski definition) is 8. The van der Waals surface area contributed by atoms with Crippen LogP contribution in [0.15, 0.2) is 17.1 Å². The van der Waals surface area contributed by atoms with Crippen LogP contribution in [0.3, 0.4) is 0 Å². The summed E-state index contributed by atoms with van der Waals surface area (Å²) >= 11 is 0. The number of nitrogen functional groups attached to an aromatic ring is 1. The molecule has 3 atom stereocenters. The molecule has 0 bridgehead atoms. The summed E-state index contributed by atoms with van der Waals surface area (Å²) in [6, 6.07) is 1.41. The Labute approximate surface area is 176 Å². The number of terminal acetylenes is 1. The Kier molecular flexibility index (Phi) is 9.84. The van der Waals surface area contributed by atoms with Crippen LogP contribution in [0.5, 0.6) is 0 Å². The van der Waals surface area contributed by atoms with Crippen molar-refractivity contribution >= 4 is 13.4 Å². The van der Waals surface area contributed by atoms with Crippen LogP contribution >= 0.6 is 7.60 Å². The molecule has 0 aliphatic carbocycles. The maximum atomic E-state index is 11.7. The molecule has 1 aromatic rings. The molecule has 0 aromatic carbocycles. The molecule has 1 aromatic heterocycles. The molecule has 0 amide bonds. The molecule has 1 aliphatic rings. The number of aromatic nitrogens is 2. The zero-order valence-electron chi connectivity index (χ0n) is 12.7. The molecule has 2 heterocycles. The fourth-order valence-electron chi connectivity index (χ4n) is 1.95. The molecule has 2 N–H and O–H groups in total. The summed E-state index contributed by atoms with van der Waals surface area (Å²) < 4.78 is 22.2. The Morgan fingerprint density at radius 3 is 2.74 bits per heavy atom. The number of nitrogens with two attached hydrogens (primary N) is 1. The molecule has 0 saturated carbocycles. The van der Waals surface area contributed by atoms with E-state index in [-0.39, 0.29) is 71.4 Å². The Balaban J connectivity index is 0.00000242. The van der Waals surface area contributed by atoms with Gasteiger partial charge < -0.3 is 29.6 Å². The molecule has 0 unspecified atom stereocenters. The summed E-state index contributed by atoms with van der Waals surface area (Å²) in [4.78, 5) is 36.5. The Hall–Kier alpha value is 0.310. The summed E-state index contributed by atoms with van der Waals surface area (Å²) in [5, 5.41) is 0. The summed E-state index contributed by atoms with van der Waals surface area (Å²) in [6.07, 6.45) is 3.33. The monoisotopic (exact) mass is 359 g/mol. The predicted molar refractivity (Wildman–Crippen MR) is 67.6 cm³/mol. The van der Waals surface area contributed by atoms with Crippen molar-refractivity contribution in [3.63, 3.8) is 0 Å². The number of ether oxygens (including phenoxy) is 2. The Morgan fingerprint density at radius 2 is 2.22 bits per heavy atom.